The monoisotopic (exact) mass is 505 g/mol. The van der Waals surface area contributed by atoms with Gasteiger partial charge in [0.25, 0.3) is 0 Å². The number of carbonyl (C=O) groups excluding carboxylic acids is 3. The summed E-state index contributed by atoms with van der Waals surface area (Å²) in [4.78, 5) is 35.6. The van der Waals surface area contributed by atoms with E-state index in [1.54, 1.807) is 24.3 Å². The van der Waals surface area contributed by atoms with Gasteiger partial charge in [0, 0.05) is 22.9 Å². The van der Waals surface area contributed by atoms with Crippen molar-refractivity contribution in [3.63, 3.8) is 0 Å². The SMILES string of the molecule is O=C(CCCC(=O)OCC(=O)c1ccc(Br)cc1)Nc1cc(C(F)(F)F)ccc1Cl. The molecule has 30 heavy (non-hydrogen) atoms. The summed E-state index contributed by atoms with van der Waals surface area (Å²) in [5.74, 6) is -1.63. The second-order valence-electron chi connectivity index (χ2n) is 6.18. The lowest BCUT2D eigenvalue weighted by molar-refractivity contribution is -0.142. The molecule has 0 radical (unpaired) electrons. The molecule has 1 N–H and O–H groups in total. The molecular formula is C20H16BrClF3NO4. The van der Waals surface area contributed by atoms with Crippen molar-refractivity contribution in [3.8, 4) is 0 Å². The second-order valence-corrected chi connectivity index (χ2v) is 7.51. The zero-order valence-corrected chi connectivity index (χ0v) is 17.7. The van der Waals surface area contributed by atoms with Crippen LogP contribution in [0.15, 0.2) is 46.9 Å². The van der Waals surface area contributed by atoms with Crippen molar-refractivity contribution in [3.05, 3.63) is 63.1 Å². The highest BCUT2D eigenvalue weighted by molar-refractivity contribution is 9.10. The molecule has 160 valence electrons. The first-order valence-corrected chi connectivity index (χ1v) is 9.84. The van der Waals surface area contributed by atoms with E-state index >= 15 is 0 Å². The number of esters is 1. The van der Waals surface area contributed by atoms with E-state index in [0.29, 0.717) is 5.56 Å². The highest BCUT2D eigenvalue weighted by Gasteiger charge is 2.31. The summed E-state index contributed by atoms with van der Waals surface area (Å²) in [7, 11) is 0. The van der Waals surface area contributed by atoms with Crippen molar-refractivity contribution in [2.45, 2.75) is 25.4 Å². The van der Waals surface area contributed by atoms with E-state index in [1.165, 1.54) is 0 Å². The van der Waals surface area contributed by atoms with Crippen molar-refractivity contribution in [2.24, 2.45) is 0 Å². The van der Waals surface area contributed by atoms with Crippen molar-refractivity contribution >= 4 is 50.9 Å². The zero-order chi connectivity index (χ0) is 22.3. The smallest absolute Gasteiger partial charge is 0.416 e. The number of rotatable bonds is 8. The number of halogens is 5. The molecule has 5 nitrogen and oxygen atoms in total. The van der Waals surface area contributed by atoms with Crippen LogP contribution in [-0.4, -0.2) is 24.3 Å². The Morgan fingerprint density at radius 2 is 1.70 bits per heavy atom. The Morgan fingerprint density at radius 1 is 1.03 bits per heavy atom. The van der Waals surface area contributed by atoms with Crippen LogP contribution >= 0.6 is 27.5 Å². The lowest BCUT2D eigenvalue weighted by atomic mass is 10.1. The van der Waals surface area contributed by atoms with Crippen molar-refractivity contribution < 1.29 is 32.3 Å². The minimum atomic E-state index is -4.57. The lowest BCUT2D eigenvalue weighted by Gasteiger charge is -2.11. The van der Waals surface area contributed by atoms with E-state index in [9.17, 15) is 27.6 Å². The molecule has 2 rings (SSSR count). The van der Waals surface area contributed by atoms with Crippen LogP contribution in [0, 0.1) is 0 Å². The molecule has 0 aromatic heterocycles. The van der Waals surface area contributed by atoms with E-state index in [-0.39, 0.29) is 35.8 Å². The molecule has 0 saturated carbocycles. The third-order valence-corrected chi connectivity index (χ3v) is 4.74. The van der Waals surface area contributed by atoms with Crippen LogP contribution in [0.4, 0.5) is 18.9 Å². The minimum Gasteiger partial charge on any atom is -0.457 e. The summed E-state index contributed by atoms with van der Waals surface area (Å²) in [5, 5.41) is 2.25. The van der Waals surface area contributed by atoms with Gasteiger partial charge in [0.05, 0.1) is 16.3 Å². The van der Waals surface area contributed by atoms with Crippen LogP contribution in [0.1, 0.15) is 35.2 Å². The summed E-state index contributed by atoms with van der Waals surface area (Å²) >= 11 is 9.06. The van der Waals surface area contributed by atoms with E-state index in [4.69, 9.17) is 16.3 Å². The first-order chi connectivity index (χ1) is 14.1. The standard InChI is InChI=1S/C20H16BrClF3NO4/c21-14-7-4-12(5-8-14)17(27)11-30-19(29)3-1-2-18(28)26-16-10-13(20(23,24)25)6-9-15(16)22/h4-10H,1-3,11H2,(H,26,28). The summed E-state index contributed by atoms with van der Waals surface area (Å²) in [6.07, 6.45) is -4.74. The molecule has 2 aromatic rings. The molecule has 0 heterocycles. The van der Waals surface area contributed by atoms with Gasteiger partial charge in [0.2, 0.25) is 5.91 Å². The van der Waals surface area contributed by atoms with Crippen LogP contribution in [0.2, 0.25) is 5.02 Å². The maximum Gasteiger partial charge on any atom is 0.416 e. The Bertz CT molecular complexity index is 933. The van der Waals surface area contributed by atoms with Gasteiger partial charge in [-0.15, -0.1) is 0 Å². The van der Waals surface area contributed by atoms with E-state index in [1.807, 2.05) is 0 Å². The normalized spacial score (nSPS) is 11.1. The molecule has 0 atom stereocenters. The average Bonchev–Trinajstić information content (AvgIpc) is 2.67. The third kappa shape index (κ3) is 7.46. The predicted molar refractivity (Wildman–Crippen MR) is 108 cm³/mol. The third-order valence-electron chi connectivity index (χ3n) is 3.88. The van der Waals surface area contributed by atoms with Gasteiger partial charge in [-0.1, -0.05) is 39.7 Å². The van der Waals surface area contributed by atoms with Crippen LogP contribution in [0.5, 0.6) is 0 Å². The van der Waals surface area contributed by atoms with Gasteiger partial charge in [-0.2, -0.15) is 13.2 Å². The Morgan fingerprint density at radius 3 is 2.33 bits per heavy atom. The van der Waals surface area contributed by atoms with Crippen LogP contribution in [0.25, 0.3) is 0 Å². The fourth-order valence-corrected chi connectivity index (χ4v) is 2.77. The fraction of sp³-hybridized carbons (Fsp3) is 0.250. The van der Waals surface area contributed by atoms with Gasteiger partial charge in [-0.25, -0.2) is 0 Å². The number of nitrogens with one attached hydrogen (secondary N) is 1. The molecule has 2 aromatic carbocycles. The Labute approximate surface area is 183 Å². The first-order valence-electron chi connectivity index (χ1n) is 8.67. The van der Waals surface area contributed by atoms with Gasteiger partial charge in [-0.3, -0.25) is 14.4 Å². The molecule has 0 spiro atoms. The van der Waals surface area contributed by atoms with Gasteiger partial charge in [0.15, 0.2) is 12.4 Å². The average molecular weight is 507 g/mol. The molecule has 0 bridgehead atoms. The molecular weight excluding hydrogens is 491 g/mol. The van der Waals surface area contributed by atoms with Crippen LogP contribution in [0.3, 0.4) is 0 Å². The topological polar surface area (TPSA) is 72.5 Å². The minimum absolute atomic E-state index is 0.0396. The van der Waals surface area contributed by atoms with Gasteiger partial charge >= 0.3 is 12.1 Å². The van der Waals surface area contributed by atoms with Crippen LogP contribution in [-0.2, 0) is 20.5 Å². The Hall–Kier alpha value is -2.39. The number of benzene rings is 2. The molecule has 0 saturated heterocycles. The zero-order valence-electron chi connectivity index (χ0n) is 15.4. The largest absolute Gasteiger partial charge is 0.457 e. The fourth-order valence-electron chi connectivity index (χ4n) is 2.34. The van der Waals surface area contributed by atoms with Gasteiger partial charge < -0.3 is 10.1 Å². The van der Waals surface area contributed by atoms with Crippen molar-refractivity contribution in [1.29, 1.82) is 0 Å². The predicted octanol–water partition coefficient (Wildman–Crippen LogP) is 5.66. The van der Waals surface area contributed by atoms with Crippen molar-refractivity contribution in [1.82, 2.24) is 0 Å². The van der Waals surface area contributed by atoms with E-state index in [2.05, 4.69) is 21.2 Å². The quantitative estimate of drug-likeness (QED) is 0.371. The number of ketones is 1. The number of hydrogen-bond acceptors (Lipinski definition) is 4. The number of ether oxygens (including phenoxy) is 1. The first kappa shape index (κ1) is 23.9. The maximum absolute atomic E-state index is 12.8. The van der Waals surface area contributed by atoms with Gasteiger partial charge in [0.1, 0.15) is 0 Å². The number of carbonyl (C=O) groups is 3. The Kier molecular flexibility index (Phi) is 8.43. The van der Waals surface area contributed by atoms with Crippen LogP contribution < -0.4 is 5.32 Å². The molecule has 10 heteroatoms. The number of anilines is 1. The van der Waals surface area contributed by atoms with Crippen molar-refractivity contribution in [2.75, 3.05) is 11.9 Å². The number of alkyl halides is 3. The number of Topliss-reactive ketones (excluding diaryl/α,β-unsaturated/α-hetero) is 1. The molecule has 0 unspecified atom stereocenters. The molecule has 0 aliphatic carbocycles. The molecule has 0 fully saturated rings. The highest BCUT2D eigenvalue weighted by Crippen LogP contribution is 2.33. The van der Waals surface area contributed by atoms with Gasteiger partial charge in [-0.05, 0) is 36.8 Å². The Balaban J connectivity index is 1.76. The summed E-state index contributed by atoms with van der Waals surface area (Å²) in [6.45, 7) is -0.424. The summed E-state index contributed by atoms with van der Waals surface area (Å²) in [6, 6.07) is 9.13. The molecule has 0 aliphatic heterocycles. The van der Waals surface area contributed by atoms with E-state index < -0.39 is 30.2 Å². The number of hydrogen-bond donors (Lipinski definition) is 1. The summed E-state index contributed by atoms with van der Waals surface area (Å²) < 4.78 is 43.9. The summed E-state index contributed by atoms with van der Waals surface area (Å²) in [5.41, 5.74) is -0.719. The molecule has 0 aliphatic rings. The second kappa shape index (κ2) is 10.6. The number of amides is 1. The molecule has 1 amide bonds. The maximum atomic E-state index is 12.8. The van der Waals surface area contributed by atoms with E-state index in [0.717, 1.165) is 22.7 Å². The highest BCUT2D eigenvalue weighted by atomic mass is 79.9. The lowest BCUT2D eigenvalue weighted by Crippen LogP contribution is -2.16.